The topological polar surface area (TPSA) is 133 Å². The highest BCUT2D eigenvalue weighted by Crippen LogP contribution is 2.35. The number of amides is 1. The highest BCUT2D eigenvalue weighted by molar-refractivity contribution is 7.89. The maximum Gasteiger partial charge on any atom is 0.408 e. The minimum Gasteiger partial charge on any atom is -0.493 e. The van der Waals surface area contributed by atoms with Gasteiger partial charge in [-0.1, -0.05) is 36.8 Å². The van der Waals surface area contributed by atoms with E-state index in [9.17, 15) is 18.3 Å². The fourth-order valence-corrected chi connectivity index (χ4v) is 7.39. The molecule has 2 heterocycles. The monoisotopic (exact) mass is 604 g/mol. The van der Waals surface area contributed by atoms with E-state index >= 15 is 0 Å². The molecule has 0 aromatic heterocycles. The number of carbonyl (C=O) groups is 1. The molecule has 230 valence electrons. The Morgan fingerprint density at radius 3 is 2.55 bits per heavy atom. The van der Waals surface area contributed by atoms with Crippen molar-refractivity contribution in [2.24, 2.45) is 5.92 Å². The van der Waals surface area contributed by atoms with Crippen LogP contribution in [-0.4, -0.2) is 75.0 Å². The number of aliphatic hydroxyl groups excluding tert-OH is 1. The van der Waals surface area contributed by atoms with Crippen molar-refractivity contribution in [3.05, 3.63) is 54.1 Å². The molecule has 3 aliphatic rings. The molecular formula is C30H40N2O9S. The van der Waals surface area contributed by atoms with Crippen molar-refractivity contribution in [3.8, 4) is 11.5 Å². The minimum absolute atomic E-state index is 0.0305. The molecule has 42 heavy (non-hydrogen) atoms. The molecule has 3 fully saturated rings. The van der Waals surface area contributed by atoms with Gasteiger partial charge in [0.2, 0.25) is 10.0 Å². The molecule has 1 unspecified atom stereocenters. The van der Waals surface area contributed by atoms with Crippen LogP contribution in [0, 0.1) is 5.92 Å². The summed E-state index contributed by atoms with van der Waals surface area (Å²) in [6, 6.07) is 13.4. The van der Waals surface area contributed by atoms with E-state index in [0.29, 0.717) is 30.1 Å². The molecule has 12 heteroatoms. The fraction of sp³-hybridized carbons (Fsp3) is 0.567. The van der Waals surface area contributed by atoms with Crippen LogP contribution in [0.5, 0.6) is 11.5 Å². The first-order valence-corrected chi connectivity index (χ1v) is 16.0. The third kappa shape index (κ3) is 7.00. The Bertz CT molecular complexity index is 1300. The van der Waals surface area contributed by atoms with Gasteiger partial charge in [0, 0.05) is 12.6 Å². The van der Waals surface area contributed by atoms with Crippen molar-refractivity contribution >= 4 is 16.1 Å². The number of sulfonamides is 1. The van der Waals surface area contributed by atoms with Gasteiger partial charge in [0.05, 0.1) is 43.3 Å². The van der Waals surface area contributed by atoms with Gasteiger partial charge < -0.3 is 34.1 Å². The number of carbonyl (C=O) groups excluding carboxylic acids is 1. The van der Waals surface area contributed by atoms with Gasteiger partial charge in [0.1, 0.15) is 12.3 Å². The van der Waals surface area contributed by atoms with Crippen LogP contribution in [0.4, 0.5) is 4.79 Å². The van der Waals surface area contributed by atoms with Crippen molar-refractivity contribution in [2.75, 3.05) is 20.3 Å². The minimum atomic E-state index is -4.30. The number of benzene rings is 2. The maximum atomic E-state index is 14.3. The zero-order valence-electron chi connectivity index (χ0n) is 24.0. The van der Waals surface area contributed by atoms with Crippen LogP contribution in [0.25, 0.3) is 0 Å². The molecule has 0 radical (unpaired) electrons. The lowest BCUT2D eigenvalue weighted by Crippen LogP contribution is -2.56. The predicted molar refractivity (Wildman–Crippen MR) is 152 cm³/mol. The van der Waals surface area contributed by atoms with Crippen LogP contribution < -0.4 is 14.8 Å². The van der Waals surface area contributed by atoms with Gasteiger partial charge in [0.25, 0.3) is 0 Å². The van der Waals surface area contributed by atoms with Crippen LogP contribution in [-0.2, 0) is 30.8 Å². The van der Waals surface area contributed by atoms with Gasteiger partial charge in [-0.2, -0.15) is 4.31 Å². The average Bonchev–Trinajstić information content (AvgIpc) is 3.61. The Labute approximate surface area is 247 Å². The summed E-state index contributed by atoms with van der Waals surface area (Å²) < 4.78 is 58.1. The van der Waals surface area contributed by atoms with E-state index in [1.165, 1.54) is 26.2 Å². The molecule has 1 amide bonds. The molecule has 2 saturated heterocycles. The van der Waals surface area contributed by atoms with Crippen molar-refractivity contribution in [2.45, 2.75) is 87.7 Å². The second-order valence-electron chi connectivity index (χ2n) is 11.0. The van der Waals surface area contributed by atoms with E-state index in [-0.39, 0.29) is 30.1 Å². The number of fused-ring (bicyclic) bond motifs is 1. The van der Waals surface area contributed by atoms with Gasteiger partial charge in [-0.15, -0.1) is 0 Å². The number of nitrogens with one attached hydrogen (secondary N) is 1. The zero-order valence-corrected chi connectivity index (χ0v) is 24.8. The highest BCUT2D eigenvalue weighted by Gasteiger charge is 2.44. The summed E-state index contributed by atoms with van der Waals surface area (Å²) >= 11 is 0. The second-order valence-corrected chi connectivity index (χ2v) is 12.9. The Hall–Kier alpha value is -2.90. The number of aliphatic hydroxyl groups is 1. The Kier molecular flexibility index (Phi) is 9.89. The SMILES string of the molecule is COc1ccc(S(=O)(=O)N(Cc2ccccc2)C(NC(=O)O[C@H]2CO[C@H]3OCC[C@H]32)[C@@H](C)O)cc1OC1CCCCC1. The van der Waals surface area contributed by atoms with Gasteiger partial charge in [-0.05, 0) is 56.7 Å². The summed E-state index contributed by atoms with van der Waals surface area (Å²) in [7, 11) is -2.79. The normalized spacial score (nSPS) is 24.1. The number of ether oxygens (including phenoxy) is 5. The van der Waals surface area contributed by atoms with Crippen molar-refractivity contribution in [3.63, 3.8) is 0 Å². The summed E-state index contributed by atoms with van der Waals surface area (Å²) in [6.45, 7) is 2.01. The van der Waals surface area contributed by atoms with Crippen LogP contribution in [0.2, 0.25) is 0 Å². The van der Waals surface area contributed by atoms with E-state index in [1.54, 1.807) is 30.3 Å². The smallest absolute Gasteiger partial charge is 0.408 e. The number of methoxy groups -OCH3 is 1. The lowest BCUT2D eigenvalue weighted by atomic mass is 9.98. The van der Waals surface area contributed by atoms with Crippen LogP contribution in [0.15, 0.2) is 53.4 Å². The number of nitrogens with zero attached hydrogens (tertiary/aromatic N) is 1. The Morgan fingerprint density at radius 1 is 1.07 bits per heavy atom. The second kappa shape index (κ2) is 13.6. The zero-order chi connectivity index (χ0) is 29.7. The number of alkyl carbamates (subject to hydrolysis) is 1. The number of rotatable bonds is 11. The molecule has 0 spiro atoms. The van der Waals surface area contributed by atoms with E-state index in [4.69, 9.17) is 23.7 Å². The fourth-order valence-electron chi connectivity index (χ4n) is 5.78. The summed E-state index contributed by atoms with van der Waals surface area (Å²) in [5.41, 5.74) is 0.671. The first-order valence-electron chi connectivity index (χ1n) is 14.5. The molecule has 11 nitrogen and oxygen atoms in total. The summed E-state index contributed by atoms with van der Waals surface area (Å²) in [4.78, 5) is 13.0. The molecular weight excluding hydrogens is 564 g/mol. The average molecular weight is 605 g/mol. The summed E-state index contributed by atoms with van der Waals surface area (Å²) in [5.74, 6) is 0.670. The molecule has 5 atom stereocenters. The van der Waals surface area contributed by atoms with Crippen molar-refractivity contribution in [1.29, 1.82) is 0 Å². The third-order valence-electron chi connectivity index (χ3n) is 8.05. The van der Waals surface area contributed by atoms with Crippen LogP contribution >= 0.6 is 0 Å². The third-order valence-corrected chi connectivity index (χ3v) is 9.87. The van der Waals surface area contributed by atoms with Gasteiger partial charge in [-0.25, -0.2) is 13.2 Å². The van der Waals surface area contributed by atoms with E-state index < -0.39 is 40.8 Å². The standard InChI is InChI=1S/C30H40N2O9S/c1-20(33)28(31-30(34)41-27-19-39-29-24(27)15-16-38-29)32(18-21-9-5-3-6-10-21)42(35,36)23-13-14-25(37-2)26(17-23)40-22-11-7-4-8-12-22/h3,5-6,9-10,13-14,17,20,22,24,27-29,33H,4,7-8,11-12,15-16,18-19H2,1-2H3,(H,31,34)/t20-,24+,27+,28?,29-/m1/s1. The first-order chi connectivity index (χ1) is 20.3. The molecule has 2 N–H and O–H groups in total. The predicted octanol–water partition coefficient (Wildman–Crippen LogP) is 3.79. The summed E-state index contributed by atoms with van der Waals surface area (Å²) in [6.07, 6.45) is 1.26. The van der Waals surface area contributed by atoms with E-state index in [2.05, 4.69) is 5.32 Å². The lowest BCUT2D eigenvalue weighted by molar-refractivity contribution is -0.0907. The van der Waals surface area contributed by atoms with Gasteiger partial charge in [0.15, 0.2) is 17.8 Å². The molecule has 1 saturated carbocycles. The Balaban J connectivity index is 1.42. The summed E-state index contributed by atoms with van der Waals surface area (Å²) in [5, 5.41) is 13.4. The van der Waals surface area contributed by atoms with Gasteiger partial charge >= 0.3 is 6.09 Å². The number of hydrogen-bond acceptors (Lipinski definition) is 9. The van der Waals surface area contributed by atoms with Gasteiger partial charge in [-0.3, -0.25) is 0 Å². The number of hydrogen-bond donors (Lipinski definition) is 2. The van der Waals surface area contributed by atoms with Crippen LogP contribution in [0.1, 0.15) is 51.0 Å². The molecule has 0 bridgehead atoms. The lowest BCUT2D eigenvalue weighted by Gasteiger charge is -2.33. The van der Waals surface area contributed by atoms with E-state index in [0.717, 1.165) is 36.4 Å². The van der Waals surface area contributed by atoms with Crippen molar-refractivity contribution < 1.29 is 42.0 Å². The highest BCUT2D eigenvalue weighted by atomic mass is 32.2. The molecule has 1 aliphatic carbocycles. The maximum absolute atomic E-state index is 14.3. The first kappa shape index (κ1) is 30.6. The molecule has 2 aromatic carbocycles. The quantitative estimate of drug-likeness (QED) is 0.368. The Morgan fingerprint density at radius 2 is 1.83 bits per heavy atom. The van der Waals surface area contributed by atoms with Crippen LogP contribution in [0.3, 0.4) is 0 Å². The molecule has 2 aromatic rings. The largest absolute Gasteiger partial charge is 0.493 e. The van der Waals surface area contributed by atoms with Crippen molar-refractivity contribution in [1.82, 2.24) is 9.62 Å². The molecule has 5 rings (SSSR count). The molecule has 2 aliphatic heterocycles. The van der Waals surface area contributed by atoms with E-state index in [1.807, 2.05) is 6.07 Å².